The average Bonchev–Trinajstić information content (AvgIpc) is 3.63. The summed E-state index contributed by atoms with van der Waals surface area (Å²) in [5.41, 5.74) is 0.220. The van der Waals surface area contributed by atoms with Gasteiger partial charge in [0.2, 0.25) is 33.7 Å². The molecule has 2 unspecified atom stereocenters. The molecule has 0 aromatic carbocycles. The Bertz CT molecular complexity index is 1400. The normalized spacial score (nSPS) is 21.4. The van der Waals surface area contributed by atoms with Crippen LogP contribution in [0.1, 0.15) is 38.1 Å². The van der Waals surface area contributed by atoms with Gasteiger partial charge in [-0.15, -0.1) is 10.2 Å². The van der Waals surface area contributed by atoms with Crippen LogP contribution in [-0.4, -0.2) is 95.0 Å². The van der Waals surface area contributed by atoms with Crippen LogP contribution in [-0.2, 0) is 19.5 Å². The maximum Gasteiger partial charge on any atom is 0.245 e. The number of ether oxygens (including phenoxy) is 4. The number of nitrogens with zero attached hydrogens (tertiary/aromatic N) is 8. The number of rotatable bonds is 10. The summed E-state index contributed by atoms with van der Waals surface area (Å²) in [6.45, 7) is 3.13. The minimum Gasteiger partial charge on any atom is -0.479 e. The van der Waals surface area contributed by atoms with E-state index in [9.17, 15) is 12.8 Å². The molecule has 40 heavy (non-hydrogen) atoms. The van der Waals surface area contributed by atoms with Crippen LogP contribution in [0.3, 0.4) is 0 Å². The predicted molar refractivity (Wildman–Crippen MR) is 139 cm³/mol. The molecule has 0 aliphatic carbocycles. The molecule has 3 atom stereocenters. The van der Waals surface area contributed by atoms with Gasteiger partial charge in [-0.2, -0.15) is 9.97 Å². The van der Waals surface area contributed by atoms with Crippen molar-refractivity contribution in [2.24, 2.45) is 0 Å². The monoisotopic (exact) mass is 579 g/mol. The second-order valence-electron chi connectivity index (χ2n) is 9.15. The fourth-order valence-corrected chi connectivity index (χ4v) is 6.24. The van der Waals surface area contributed by atoms with E-state index in [2.05, 4.69) is 34.9 Å². The van der Waals surface area contributed by atoms with Gasteiger partial charge in [0.15, 0.2) is 17.3 Å². The van der Waals surface area contributed by atoms with Crippen molar-refractivity contribution in [1.29, 1.82) is 0 Å². The molecule has 5 rings (SSSR count). The number of methoxy groups -OCH3 is 2. The highest BCUT2D eigenvalue weighted by molar-refractivity contribution is 7.93. The molecule has 0 bridgehead atoms. The quantitative estimate of drug-likeness (QED) is 0.365. The zero-order valence-corrected chi connectivity index (χ0v) is 23.0. The first-order valence-corrected chi connectivity index (χ1v) is 14.2. The van der Waals surface area contributed by atoms with Crippen LogP contribution in [0.2, 0.25) is 0 Å². The summed E-state index contributed by atoms with van der Waals surface area (Å²) in [5, 5.41) is 7.49. The second kappa shape index (κ2) is 11.8. The van der Waals surface area contributed by atoms with Gasteiger partial charge in [0.1, 0.15) is 17.7 Å². The summed E-state index contributed by atoms with van der Waals surface area (Å²) in [6, 6.07) is 0. The van der Waals surface area contributed by atoms with Crippen LogP contribution in [0.15, 0.2) is 18.7 Å². The van der Waals surface area contributed by atoms with Crippen LogP contribution in [0, 0.1) is 5.82 Å². The molecule has 1 N–H and O–H groups in total. The zero-order chi connectivity index (χ0) is 28.3. The Morgan fingerprint density at radius 1 is 1.10 bits per heavy atom. The molecule has 0 radical (unpaired) electrons. The lowest BCUT2D eigenvalue weighted by atomic mass is 10.1. The number of hydrogen-bond donors (Lipinski definition) is 1. The molecule has 2 aliphatic rings. The van der Waals surface area contributed by atoms with Crippen LogP contribution >= 0.6 is 0 Å². The first kappa shape index (κ1) is 27.9. The van der Waals surface area contributed by atoms with Gasteiger partial charge in [-0.25, -0.2) is 22.8 Å². The number of sulfonamides is 1. The Labute approximate surface area is 230 Å². The SMILES string of the molecule is CCOC1CC(S(=O)(=O)Nc2nnc([C@H]3CCCO3)n2-c2c(OC)ncnc2OC)CN(c2ncc(F)cn2)C1. The van der Waals surface area contributed by atoms with Crippen molar-refractivity contribution in [3.63, 3.8) is 0 Å². The number of nitrogens with one attached hydrogen (secondary N) is 1. The van der Waals surface area contributed by atoms with Crippen molar-refractivity contribution in [2.45, 2.75) is 43.6 Å². The van der Waals surface area contributed by atoms with Crippen molar-refractivity contribution in [3.05, 3.63) is 30.4 Å². The van der Waals surface area contributed by atoms with Crippen molar-refractivity contribution in [3.8, 4) is 17.4 Å². The third-order valence-corrected chi connectivity index (χ3v) is 8.30. The molecule has 3 aromatic rings. The van der Waals surface area contributed by atoms with Crippen LogP contribution in [0.5, 0.6) is 11.8 Å². The highest BCUT2D eigenvalue weighted by Crippen LogP contribution is 2.37. The molecule has 0 amide bonds. The van der Waals surface area contributed by atoms with E-state index in [4.69, 9.17) is 18.9 Å². The van der Waals surface area contributed by atoms with Gasteiger partial charge in [-0.1, -0.05) is 0 Å². The topological polar surface area (TPSA) is 169 Å². The van der Waals surface area contributed by atoms with Gasteiger partial charge in [0.05, 0.1) is 32.7 Å². The highest BCUT2D eigenvalue weighted by Gasteiger charge is 2.39. The molecule has 0 saturated carbocycles. The molecule has 17 heteroatoms. The number of aromatic nitrogens is 7. The Morgan fingerprint density at radius 3 is 2.45 bits per heavy atom. The Hall–Kier alpha value is -3.70. The molecule has 216 valence electrons. The fourth-order valence-electron chi connectivity index (χ4n) is 4.84. The van der Waals surface area contributed by atoms with Crippen molar-refractivity contribution in [2.75, 3.05) is 50.1 Å². The lowest BCUT2D eigenvalue weighted by Crippen LogP contribution is -2.51. The van der Waals surface area contributed by atoms with Crippen molar-refractivity contribution < 1.29 is 31.8 Å². The predicted octanol–water partition coefficient (Wildman–Crippen LogP) is 1.28. The first-order chi connectivity index (χ1) is 19.3. The zero-order valence-electron chi connectivity index (χ0n) is 22.2. The highest BCUT2D eigenvalue weighted by atomic mass is 32.2. The van der Waals surface area contributed by atoms with E-state index < -0.39 is 33.3 Å². The average molecular weight is 580 g/mol. The largest absolute Gasteiger partial charge is 0.479 e. The smallest absolute Gasteiger partial charge is 0.245 e. The Kier molecular flexibility index (Phi) is 8.22. The first-order valence-electron chi connectivity index (χ1n) is 12.7. The molecule has 15 nitrogen and oxygen atoms in total. The van der Waals surface area contributed by atoms with Gasteiger partial charge in [0.25, 0.3) is 0 Å². The minimum atomic E-state index is -4.10. The molecule has 5 heterocycles. The third-order valence-electron chi connectivity index (χ3n) is 6.61. The second-order valence-corrected chi connectivity index (χ2v) is 11.1. The number of anilines is 2. The van der Waals surface area contributed by atoms with Crippen LogP contribution in [0.4, 0.5) is 16.3 Å². The van der Waals surface area contributed by atoms with Gasteiger partial charge in [-0.05, 0) is 26.2 Å². The van der Waals surface area contributed by atoms with E-state index in [1.807, 2.05) is 6.92 Å². The number of hydrogen-bond acceptors (Lipinski definition) is 13. The Balaban J connectivity index is 1.52. The summed E-state index contributed by atoms with van der Waals surface area (Å²) >= 11 is 0. The molecule has 0 spiro atoms. The number of piperidine rings is 1. The van der Waals surface area contributed by atoms with E-state index in [-0.39, 0.29) is 42.3 Å². The van der Waals surface area contributed by atoms with Gasteiger partial charge >= 0.3 is 0 Å². The summed E-state index contributed by atoms with van der Waals surface area (Å²) in [5.74, 6) is 0.0923. The molecule has 2 saturated heterocycles. The van der Waals surface area contributed by atoms with Gasteiger partial charge in [-0.3, -0.25) is 9.29 Å². The van der Waals surface area contributed by atoms with Crippen LogP contribution in [0.25, 0.3) is 5.69 Å². The van der Waals surface area contributed by atoms with Crippen LogP contribution < -0.4 is 19.1 Å². The number of halogens is 1. The molecule has 3 aromatic heterocycles. The molecular formula is C23H30FN9O6S. The fraction of sp³-hybridized carbons (Fsp3) is 0.565. The van der Waals surface area contributed by atoms with Crippen molar-refractivity contribution >= 4 is 21.9 Å². The standard InChI is InChI=1S/C23H30FN9O6S/c1-4-38-15-8-16(12-32(11-15)22-25-9-14(24)10-26-22)40(34,35)31-23-30-29-19(17-6-5-7-39-17)33(23)18-20(36-2)27-13-28-21(18)37-3/h9-10,13,15-17H,4-8,11-12H2,1-3H3,(H,30,31)/t15?,16?,17-/m1/s1. The summed E-state index contributed by atoms with van der Waals surface area (Å²) in [6.07, 6.45) is 4.13. The maximum atomic E-state index is 13.9. The Morgan fingerprint density at radius 2 is 1.82 bits per heavy atom. The van der Waals surface area contributed by atoms with E-state index >= 15 is 0 Å². The van der Waals surface area contributed by atoms with Gasteiger partial charge < -0.3 is 23.8 Å². The van der Waals surface area contributed by atoms with E-state index in [1.165, 1.54) is 25.1 Å². The van der Waals surface area contributed by atoms with E-state index in [1.54, 1.807) is 4.90 Å². The van der Waals surface area contributed by atoms with Gasteiger partial charge in [0, 0.05) is 26.3 Å². The molecule has 2 fully saturated rings. The van der Waals surface area contributed by atoms with Crippen molar-refractivity contribution in [1.82, 2.24) is 34.7 Å². The lowest BCUT2D eigenvalue weighted by molar-refractivity contribution is 0.0531. The summed E-state index contributed by atoms with van der Waals surface area (Å²) in [7, 11) is -1.26. The molecular weight excluding hydrogens is 549 g/mol. The summed E-state index contributed by atoms with van der Waals surface area (Å²) < 4.78 is 67.7. The van der Waals surface area contributed by atoms with E-state index in [0.717, 1.165) is 18.8 Å². The lowest BCUT2D eigenvalue weighted by Gasteiger charge is -2.37. The minimum absolute atomic E-state index is 0.0400. The third kappa shape index (κ3) is 5.62. The summed E-state index contributed by atoms with van der Waals surface area (Å²) in [4.78, 5) is 18.0. The molecule has 2 aliphatic heterocycles. The van der Waals surface area contributed by atoms with E-state index in [0.29, 0.717) is 32.0 Å². The maximum absolute atomic E-state index is 13.9.